The maximum Gasteiger partial charge on any atom is 0.316 e. The molecule has 4 rings (SSSR count). The van der Waals surface area contributed by atoms with Crippen LogP contribution >= 0.6 is 0 Å². The number of aromatic nitrogens is 2. The van der Waals surface area contributed by atoms with Gasteiger partial charge >= 0.3 is 5.24 Å². The van der Waals surface area contributed by atoms with Gasteiger partial charge in [0, 0.05) is 13.1 Å². The summed E-state index contributed by atoms with van der Waals surface area (Å²) < 4.78 is 28.6. The second-order valence-corrected chi connectivity index (χ2v) is 9.21. The van der Waals surface area contributed by atoms with Crippen molar-refractivity contribution in [2.24, 2.45) is 0 Å². The van der Waals surface area contributed by atoms with E-state index in [1.807, 2.05) is 11.9 Å². The van der Waals surface area contributed by atoms with Crippen molar-refractivity contribution >= 4 is 27.8 Å². The van der Waals surface area contributed by atoms with Crippen molar-refractivity contribution < 1.29 is 28.0 Å². The van der Waals surface area contributed by atoms with Crippen molar-refractivity contribution in [3.05, 3.63) is 66.5 Å². The third kappa shape index (κ3) is 6.12. The Kier molecular flexibility index (Phi) is 7.56. The monoisotopic (exact) mass is 496 g/mol. The summed E-state index contributed by atoms with van der Waals surface area (Å²) in [7, 11) is 1.65. The smallest absolute Gasteiger partial charge is 0.316 e. The number of amides is 2. The van der Waals surface area contributed by atoms with E-state index in [9.17, 15) is 13.8 Å². The maximum atomic E-state index is 11.9. The molecule has 2 aromatic carbocycles. The molecule has 2 atom stereocenters. The standard InChI is InChI=1S/C24H24N4O6S/c1-28(21-14-22(26-15-25-21)34-19-9-7-17(32-2)8-10-19)11-12-33-18-5-3-16(4-6-18)13-20-23(29)27-24(30)35(20)31/h3-10,14-15,20H,11-13H2,1-2H3,(H,27,29,30). The van der Waals surface area contributed by atoms with Gasteiger partial charge in [-0.25, -0.2) is 14.2 Å². The number of hydrogen-bond acceptors (Lipinski definition) is 9. The second kappa shape index (κ2) is 11.0. The summed E-state index contributed by atoms with van der Waals surface area (Å²) in [5.41, 5.74) is 0.794. The van der Waals surface area contributed by atoms with E-state index in [-0.39, 0.29) is 6.42 Å². The predicted molar refractivity (Wildman–Crippen MR) is 129 cm³/mol. The molecule has 0 spiro atoms. The number of nitrogens with one attached hydrogen (secondary N) is 1. The molecule has 35 heavy (non-hydrogen) atoms. The fraction of sp³-hybridized carbons (Fsp3) is 0.250. The number of carbonyl (C=O) groups excluding carboxylic acids is 2. The van der Waals surface area contributed by atoms with Crippen LogP contribution < -0.4 is 24.4 Å². The Labute approximate surface area is 204 Å². The van der Waals surface area contributed by atoms with Gasteiger partial charge in [-0.05, 0) is 48.4 Å². The third-order valence-electron chi connectivity index (χ3n) is 5.30. The molecular formula is C24H24N4O6S. The first-order valence-electron chi connectivity index (χ1n) is 10.7. The van der Waals surface area contributed by atoms with Crippen LogP contribution in [0.3, 0.4) is 0 Å². The Morgan fingerprint density at radius 1 is 1.00 bits per heavy atom. The molecule has 182 valence electrons. The Bertz CT molecular complexity index is 1220. The molecule has 1 N–H and O–H groups in total. The van der Waals surface area contributed by atoms with E-state index < -0.39 is 27.2 Å². The fourth-order valence-corrected chi connectivity index (χ4v) is 4.39. The normalized spacial score (nSPS) is 17.1. The summed E-state index contributed by atoms with van der Waals surface area (Å²) in [5, 5.41) is 0.509. The highest BCUT2D eigenvalue weighted by Gasteiger charge is 2.38. The van der Waals surface area contributed by atoms with E-state index in [4.69, 9.17) is 14.2 Å². The van der Waals surface area contributed by atoms with E-state index in [2.05, 4.69) is 15.3 Å². The molecule has 0 aliphatic carbocycles. The van der Waals surface area contributed by atoms with E-state index in [0.29, 0.717) is 36.3 Å². The highest BCUT2D eigenvalue weighted by atomic mass is 32.2. The van der Waals surface area contributed by atoms with Gasteiger partial charge in [-0.15, -0.1) is 0 Å². The summed E-state index contributed by atoms with van der Waals surface area (Å²) in [6, 6.07) is 16.1. The summed E-state index contributed by atoms with van der Waals surface area (Å²) in [5.74, 6) is 2.63. The number of ether oxygens (including phenoxy) is 3. The number of hydrogen-bond donors (Lipinski definition) is 1. The summed E-state index contributed by atoms with van der Waals surface area (Å²) >= 11 is 0. The van der Waals surface area contributed by atoms with Crippen LogP contribution in [0.1, 0.15) is 5.56 Å². The number of nitrogens with zero attached hydrogens (tertiary/aromatic N) is 3. The van der Waals surface area contributed by atoms with E-state index >= 15 is 0 Å². The molecule has 2 unspecified atom stereocenters. The first-order valence-corrected chi connectivity index (χ1v) is 12.0. The average Bonchev–Trinajstić information content (AvgIpc) is 3.11. The van der Waals surface area contributed by atoms with Crippen LogP contribution in [0.15, 0.2) is 60.9 Å². The number of rotatable bonds is 10. The molecule has 2 heterocycles. The van der Waals surface area contributed by atoms with Crippen molar-refractivity contribution in [2.45, 2.75) is 11.7 Å². The summed E-state index contributed by atoms with van der Waals surface area (Å²) in [6.45, 7) is 0.960. The van der Waals surface area contributed by atoms with Crippen molar-refractivity contribution in [3.8, 4) is 23.1 Å². The highest BCUT2D eigenvalue weighted by molar-refractivity contribution is 8.02. The lowest BCUT2D eigenvalue weighted by atomic mass is 10.1. The Hall–Kier alpha value is -3.99. The molecule has 0 radical (unpaired) electrons. The minimum atomic E-state index is -1.85. The van der Waals surface area contributed by atoms with Crippen molar-refractivity contribution in [1.82, 2.24) is 15.3 Å². The van der Waals surface area contributed by atoms with Gasteiger partial charge in [-0.1, -0.05) is 12.1 Å². The van der Waals surface area contributed by atoms with Crippen LogP contribution in [-0.2, 0) is 22.0 Å². The van der Waals surface area contributed by atoms with Gasteiger partial charge < -0.3 is 19.1 Å². The van der Waals surface area contributed by atoms with Gasteiger partial charge in [0.2, 0.25) is 11.8 Å². The van der Waals surface area contributed by atoms with Crippen LogP contribution in [0.2, 0.25) is 0 Å². The van der Waals surface area contributed by atoms with Gasteiger partial charge in [0.1, 0.15) is 52.1 Å². The molecule has 0 bridgehead atoms. The molecular weight excluding hydrogens is 472 g/mol. The first kappa shape index (κ1) is 24.1. The third-order valence-corrected chi connectivity index (χ3v) is 6.66. The average molecular weight is 497 g/mol. The van der Waals surface area contributed by atoms with Crippen LogP contribution in [-0.4, -0.2) is 57.9 Å². The molecule has 0 saturated carbocycles. The van der Waals surface area contributed by atoms with Crippen LogP contribution in [0.5, 0.6) is 23.1 Å². The highest BCUT2D eigenvalue weighted by Crippen LogP contribution is 2.24. The number of benzene rings is 2. The molecule has 2 amide bonds. The molecule has 1 fully saturated rings. The van der Waals surface area contributed by atoms with E-state index in [1.165, 1.54) is 6.33 Å². The van der Waals surface area contributed by atoms with Crippen molar-refractivity contribution in [3.63, 3.8) is 0 Å². The number of carbonyl (C=O) groups is 2. The lowest BCUT2D eigenvalue weighted by Gasteiger charge is -2.18. The van der Waals surface area contributed by atoms with Crippen molar-refractivity contribution in [1.29, 1.82) is 0 Å². The van der Waals surface area contributed by atoms with Crippen LogP contribution in [0.25, 0.3) is 0 Å². The first-order chi connectivity index (χ1) is 16.9. The molecule has 3 aromatic rings. The lowest BCUT2D eigenvalue weighted by Crippen LogP contribution is -2.26. The summed E-state index contributed by atoms with van der Waals surface area (Å²) in [4.78, 5) is 33.5. The lowest BCUT2D eigenvalue weighted by molar-refractivity contribution is -0.119. The summed E-state index contributed by atoms with van der Waals surface area (Å²) in [6.07, 6.45) is 1.66. The predicted octanol–water partition coefficient (Wildman–Crippen LogP) is 2.70. The topological polar surface area (TPSA) is 120 Å². The van der Waals surface area contributed by atoms with Gasteiger partial charge in [0.05, 0.1) is 13.7 Å². The van der Waals surface area contributed by atoms with Crippen LogP contribution in [0, 0.1) is 0 Å². The minimum Gasteiger partial charge on any atom is -0.497 e. The molecule has 10 nitrogen and oxygen atoms in total. The maximum absolute atomic E-state index is 11.9. The molecule has 1 saturated heterocycles. The zero-order valence-corrected chi connectivity index (χ0v) is 20.0. The van der Waals surface area contributed by atoms with Gasteiger partial charge in [-0.2, -0.15) is 0 Å². The van der Waals surface area contributed by atoms with Gasteiger partial charge in [-0.3, -0.25) is 14.9 Å². The molecule has 11 heteroatoms. The molecule has 1 aliphatic heterocycles. The second-order valence-electron chi connectivity index (χ2n) is 7.67. The SMILES string of the molecule is COc1ccc(Oc2cc(N(C)CCOc3ccc(CC4C(=O)NC(=O)S4=O)cc3)ncn2)cc1. The number of imide groups is 1. The largest absolute Gasteiger partial charge is 0.497 e. The fourth-order valence-electron chi connectivity index (χ4n) is 3.34. The molecule has 1 aromatic heterocycles. The number of methoxy groups -OCH3 is 1. The minimum absolute atomic E-state index is 0.224. The van der Waals surface area contributed by atoms with E-state index in [0.717, 1.165) is 11.3 Å². The van der Waals surface area contributed by atoms with Crippen LogP contribution in [0.4, 0.5) is 10.6 Å². The Morgan fingerprint density at radius 3 is 2.34 bits per heavy atom. The quantitative estimate of drug-likeness (QED) is 0.452. The number of likely N-dealkylation sites (N-methyl/N-ethyl adjacent to an activating group) is 1. The Balaban J connectivity index is 1.27. The number of anilines is 1. The van der Waals surface area contributed by atoms with Gasteiger partial charge in [0.25, 0.3) is 0 Å². The van der Waals surface area contributed by atoms with Crippen molar-refractivity contribution in [2.75, 3.05) is 32.2 Å². The van der Waals surface area contributed by atoms with E-state index in [1.54, 1.807) is 61.7 Å². The molecule has 1 aliphatic rings. The van der Waals surface area contributed by atoms with Gasteiger partial charge in [0.15, 0.2) is 0 Å². The Morgan fingerprint density at radius 2 is 1.69 bits per heavy atom. The zero-order chi connectivity index (χ0) is 24.8. The zero-order valence-electron chi connectivity index (χ0n) is 19.2.